The van der Waals surface area contributed by atoms with Crippen molar-refractivity contribution in [1.29, 1.82) is 0 Å². The Bertz CT molecular complexity index is 709. The molecular formula is C19H31N2O7P. The van der Waals surface area contributed by atoms with E-state index >= 15 is 0 Å². The van der Waals surface area contributed by atoms with E-state index in [0.29, 0.717) is 30.7 Å². The molecule has 0 aliphatic carbocycles. The third-order valence-corrected chi connectivity index (χ3v) is 6.27. The lowest BCUT2D eigenvalue weighted by Gasteiger charge is -2.28. The van der Waals surface area contributed by atoms with Crippen LogP contribution in [0.15, 0.2) is 24.3 Å². The normalized spacial score (nSPS) is 15.4. The molecule has 0 saturated heterocycles. The second kappa shape index (κ2) is 11.9. The Morgan fingerprint density at radius 2 is 1.83 bits per heavy atom. The molecule has 1 rings (SSSR count). The highest BCUT2D eigenvalue weighted by Crippen LogP contribution is 2.50. The summed E-state index contributed by atoms with van der Waals surface area (Å²) < 4.78 is 22.9. The smallest absolute Gasteiger partial charge is 0.351 e. The number of aliphatic carboxylic acids is 1. The number of carbonyl (C=O) groups excluding carboxylic acids is 1. The number of unbranched alkanes of at least 4 members (excludes halogenated alkanes) is 1. The maximum Gasteiger partial charge on any atom is 0.351 e. The maximum atomic E-state index is 12.8. The molecule has 0 bridgehead atoms. The molecule has 0 radical (unpaired) electrons. The summed E-state index contributed by atoms with van der Waals surface area (Å²) in [5, 5.41) is 11.8. The Balaban J connectivity index is 2.82. The fraction of sp³-hybridized carbons (Fsp3) is 0.579. The maximum absolute atomic E-state index is 12.8. The minimum Gasteiger partial charge on any atom is -0.497 e. The Morgan fingerprint density at radius 3 is 2.31 bits per heavy atom. The van der Waals surface area contributed by atoms with Crippen molar-refractivity contribution in [2.75, 3.05) is 13.7 Å². The molecule has 29 heavy (non-hydrogen) atoms. The van der Waals surface area contributed by atoms with Crippen molar-refractivity contribution in [1.82, 2.24) is 5.32 Å². The van der Waals surface area contributed by atoms with Crippen LogP contribution in [0.3, 0.4) is 0 Å². The fourth-order valence-electron chi connectivity index (χ4n) is 2.71. The molecule has 5 N–H and O–H groups in total. The minimum atomic E-state index is -4.45. The van der Waals surface area contributed by atoms with E-state index in [1.54, 1.807) is 38.1 Å². The van der Waals surface area contributed by atoms with E-state index in [0.717, 1.165) is 0 Å². The lowest BCUT2D eigenvalue weighted by Crippen LogP contribution is -2.40. The van der Waals surface area contributed by atoms with Crippen LogP contribution < -0.4 is 15.8 Å². The highest BCUT2D eigenvalue weighted by atomic mass is 31.2. The van der Waals surface area contributed by atoms with Gasteiger partial charge in [-0.2, -0.15) is 0 Å². The number of benzene rings is 1. The van der Waals surface area contributed by atoms with Crippen LogP contribution in [0, 0.1) is 5.92 Å². The van der Waals surface area contributed by atoms with Crippen molar-refractivity contribution in [3.05, 3.63) is 29.8 Å². The van der Waals surface area contributed by atoms with Crippen LogP contribution in [0.25, 0.3) is 0 Å². The number of methoxy groups -OCH3 is 1. The zero-order valence-electron chi connectivity index (χ0n) is 17.0. The third kappa shape index (κ3) is 8.53. The van der Waals surface area contributed by atoms with Crippen LogP contribution in [0.5, 0.6) is 5.75 Å². The van der Waals surface area contributed by atoms with Crippen molar-refractivity contribution < 1.29 is 33.4 Å². The first-order valence-corrected chi connectivity index (χ1v) is 11.1. The molecule has 0 fully saturated rings. The van der Waals surface area contributed by atoms with Gasteiger partial charge in [-0.15, -0.1) is 0 Å². The van der Waals surface area contributed by atoms with Crippen LogP contribution >= 0.6 is 7.60 Å². The van der Waals surface area contributed by atoms with Crippen molar-refractivity contribution >= 4 is 19.5 Å². The quantitative estimate of drug-likeness (QED) is 0.275. The van der Waals surface area contributed by atoms with Gasteiger partial charge in [-0.1, -0.05) is 26.0 Å². The Hall–Kier alpha value is -1.93. The molecule has 10 heteroatoms. The number of nitrogens with two attached hydrogens (primary N) is 1. The van der Waals surface area contributed by atoms with E-state index in [9.17, 15) is 24.2 Å². The summed E-state index contributed by atoms with van der Waals surface area (Å²) in [6, 6.07) is 6.86. The SMILES string of the molecule is COc1ccc(CC(=O)N[C@H](C(C)C)P(=O)(O)O[C@@H](CCCCN)C(=O)O)cc1. The summed E-state index contributed by atoms with van der Waals surface area (Å²) in [6.45, 7) is 3.68. The number of hydrogen-bond donors (Lipinski definition) is 4. The zero-order valence-corrected chi connectivity index (χ0v) is 17.9. The molecule has 0 aromatic heterocycles. The van der Waals surface area contributed by atoms with E-state index in [-0.39, 0.29) is 12.8 Å². The molecule has 0 saturated carbocycles. The van der Waals surface area contributed by atoms with Gasteiger partial charge in [-0.3, -0.25) is 13.9 Å². The Labute approximate surface area is 171 Å². The topological polar surface area (TPSA) is 148 Å². The van der Waals surface area contributed by atoms with E-state index in [1.165, 1.54) is 7.11 Å². The van der Waals surface area contributed by atoms with Crippen LogP contribution in [-0.4, -0.2) is 47.4 Å². The van der Waals surface area contributed by atoms with Gasteiger partial charge in [0.25, 0.3) is 0 Å². The van der Waals surface area contributed by atoms with E-state index in [4.69, 9.17) is 15.0 Å². The first-order valence-electron chi connectivity index (χ1n) is 9.46. The zero-order chi connectivity index (χ0) is 22.0. The number of carboxylic acid groups (broad SMARTS) is 1. The van der Waals surface area contributed by atoms with E-state index in [2.05, 4.69) is 5.32 Å². The largest absolute Gasteiger partial charge is 0.497 e. The van der Waals surface area contributed by atoms with Gasteiger partial charge in [0.05, 0.1) is 13.5 Å². The summed E-state index contributed by atoms with van der Waals surface area (Å²) in [6.07, 6.45) is -0.371. The molecule has 0 aliphatic rings. The van der Waals surface area contributed by atoms with Crippen LogP contribution in [0.2, 0.25) is 0 Å². The third-order valence-electron chi connectivity index (χ3n) is 4.29. The molecule has 9 nitrogen and oxygen atoms in total. The van der Waals surface area contributed by atoms with Gasteiger partial charge in [0, 0.05) is 0 Å². The summed E-state index contributed by atoms with van der Waals surface area (Å²) in [4.78, 5) is 34.2. The predicted molar refractivity (Wildman–Crippen MR) is 109 cm³/mol. The predicted octanol–water partition coefficient (Wildman–Crippen LogP) is 2.12. The van der Waals surface area contributed by atoms with Gasteiger partial charge in [-0.25, -0.2) is 4.79 Å². The van der Waals surface area contributed by atoms with Gasteiger partial charge < -0.3 is 25.8 Å². The second-order valence-corrected chi connectivity index (χ2v) is 8.96. The van der Waals surface area contributed by atoms with Crippen molar-refractivity contribution in [2.24, 2.45) is 11.7 Å². The van der Waals surface area contributed by atoms with E-state index < -0.39 is 37.3 Å². The molecule has 3 atom stereocenters. The van der Waals surface area contributed by atoms with Crippen molar-refractivity contribution in [3.8, 4) is 5.75 Å². The molecule has 1 aromatic rings. The lowest BCUT2D eigenvalue weighted by atomic mass is 10.1. The van der Waals surface area contributed by atoms with Crippen LogP contribution in [0.4, 0.5) is 0 Å². The minimum absolute atomic E-state index is 0.00786. The summed E-state index contributed by atoms with van der Waals surface area (Å²) in [7, 11) is -2.92. The second-order valence-electron chi connectivity index (χ2n) is 7.06. The molecule has 0 spiro atoms. The van der Waals surface area contributed by atoms with Gasteiger partial charge >= 0.3 is 13.6 Å². The summed E-state index contributed by atoms with van der Waals surface area (Å²) in [5.41, 5.74) is 6.09. The first-order chi connectivity index (χ1) is 13.6. The molecule has 1 amide bonds. The number of nitrogens with one attached hydrogen (secondary N) is 1. The molecule has 164 valence electrons. The van der Waals surface area contributed by atoms with Crippen LogP contribution in [0.1, 0.15) is 38.7 Å². The van der Waals surface area contributed by atoms with Crippen molar-refractivity contribution in [2.45, 2.75) is 51.4 Å². The average Bonchev–Trinajstić information content (AvgIpc) is 2.65. The average molecular weight is 430 g/mol. The van der Waals surface area contributed by atoms with Gasteiger partial charge in [-0.05, 0) is 49.4 Å². The number of ether oxygens (including phenoxy) is 1. The molecule has 1 aromatic carbocycles. The number of rotatable bonds is 13. The Morgan fingerprint density at radius 1 is 1.21 bits per heavy atom. The number of amides is 1. The number of carboxylic acids is 1. The number of hydrogen-bond acceptors (Lipinski definition) is 6. The first kappa shape index (κ1) is 25.1. The molecular weight excluding hydrogens is 399 g/mol. The van der Waals surface area contributed by atoms with Gasteiger partial charge in [0.15, 0.2) is 6.10 Å². The summed E-state index contributed by atoms with van der Waals surface area (Å²) in [5.74, 6) is -2.84. The standard InChI is InChI=1S/C19H31N2O7P/c1-13(2)18(21-17(22)12-14-7-9-15(27-3)10-8-14)29(25,26)28-16(19(23)24)6-4-5-11-20/h7-10,13,16,18H,4-6,11-12,20H2,1-3H3,(H,21,22)(H,23,24)(H,25,26)/t16-,18-/m0/s1. The highest BCUT2D eigenvalue weighted by Gasteiger charge is 2.40. The fourth-order valence-corrected chi connectivity index (χ4v) is 4.46. The van der Waals surface area contributed by atoms with Crippen LogP contribution in [-0.2, 0) is 25.1 Å². The summed E-state index contributed by atoms with van der Waals surface area (Å²) >= 11 is 0. The highest BCUT2D eigenvalue weighted by molar-refractivity contribution is 7.53. The Kier molecular flexibility index (Phi) is 10.3. The lowest BCUT2D eigenvalue weighted by molar-refractivity contribution is -0.145. The number of carbonyl (C=O) groups is 2. The van der Waals surface area contributed by atoms with E-state index in [1.807, 2.05) is 0 Å². The molecule has 0 heterocycles. The molecule has 1 unspecified atom stereocenters. The molecule has 0 aliphatic heterocycles. The van der Waals surface area contributed by atoms with Gasteiger partial charge in [0.1, 0.15) is 11.5 Å². The monoisotopic (exact) mass is 430 g/mol. The van der Waals surface area contributed by atoms with Crippen molar-refractivity contribution in [3.63, 3.8) is 0 Å². The van der Waals surface area contributed by atoms with Gasteiger partial charge in [0.2, 0.25) is 5.91 Å².